The Balaban J connectivity index is 2.39. The minimum absolute atomic E-state index is 0.240. The van der Waals surface area contributed by atoms with Gasteiger partial charge in [-0.1, -0.05) is 55.5 Å². The Labute approximate surface area is 112 Å². The van der Waals surface area contributed by atoms with Crippen LogP contribution < -0.4 is 0 Å². The third-order valence-corrected chi connectivity index (χ3v) is 3.55. The molecule has 0 atom stereocenters. The van der Waals surface area contributed by atoms with E-state index in [1.807, 2.05) is 43.3 Å². The predicted molar refractivity (Wildman–Crippen MR) is 80.7 cm³/mol. The molecule has 3 rings (SSSR count). The van der Waals surface area contributed by atoms with Gasteiger partial charge in [0.05, 0.1) is 0 Å². The third-order valence-electron chi connectivity index (χ3n) is 3.55. The van der Waals surface area contributed by atoms with E-state index in [4.69, 9.17) is 0 Å². The fourth-order valence-electron chi connectivity index (χ4n) is 2.65. The zero-order valence-electron chi connectivity index (χ0n) is 11.0. The summed E-state index contributed by atoms with van der Waals surface area (Å²) in [5.74, 6) is 0.240. The third kappa shape index (κ3) is 2.01. The van der Waals surface area contributed by atoms with E-state index in [1.165, 1.54) is 10.8 Å². The molecule has 3 aromatic rings. The van der Waals surface area contributed by atoms with Crippen LogP contribution >= 0.6 is 0 Å². The first-order valence-electron chi connectivity index (χ1n) is 6.75. The van der Waals surface area contributed by atoms with Crippen molar-refractivity contribution in [1.82, 2.24) is 0 Å². The van der Waals surface area contributed by atoms with Crippen molar-refractivity contribution in [2.24, 2.45) is 0 Å². The molecule has 0 aliphatic rings. The summed E-state index contributed by atoms with van der Waals surface area (Å²) in [5.41, 5.74) is 0.858. The van der Waals surface area contributed by atoms with Crippen molar-refractivity contribution in [2.75, 3.05) is 0 Å². The van der Waals surface area contributed by atoms with Gasteiger partial charge in [-0.2, -0.15) is 0 Å². The Kier molecular flexibility index (Phi) is 3.04. The number of Topliss-reactive ketones (excluding diaryl/α,β-unsaturated/α-hetero) is 1. The molecular weight excluding hydrogens is 232 g/mol. The second-order valence-corrected chi connectivity index (χ2v) is 4.86. The number of benzene rings is 3. The van der Waals surface area contributed by atoms with Crippen molar-refractivity contribution in [2.45, 2.75) is 19.8 Å². The lowest BCUT2D eigenvalue weighted by Gasteiger charge is -2.09. The van der Waals surface area contributed by atoms with Gasteiger partial charge in [-0.25, -0.2) is 0 Å². The Morgan fingerprint density at radius 2 is 1.53 bits per heavy atom. The molecule has 0 radical (unpaired) electrons. The van der Waals surface area contributed by atoms with E-state index < -0.39 is 0 Å². The monoisotopic (exact) mass is 248 g/mol. The summed E-state index contributed by atoms with van der Waals surface area (Å²) in [6, 6.07) is 18.5. The smallest absolute Gasteiger partial charge is 0.163 e. The Morgan fingerprint density at radius 3 is 2.26 bits per heavy atom. The predicted octanol–water partition coefficient (Wildman–Crippen LogP) is 4.98. The van der Waals surface area contributed by atoms with Crippen molar-refractivity contribution < 1.29 is 4.79 Å². The van der Waals surface area contributed by atoms with Gasteiger partial charge in [-0.15, -0.1) is 0 Å². The molecule has 0 amide bonds. The maximum absolute atomic E-state index is 12.3. The van der Waals surface area contributed by atoms with Crippen molar-refractivity contribution in [3.63, 3.8) is 0 Å². The number of fused-ring (bicyclic) bond motifs is 3. The van der Waals surface area contributed by atoms with Crippen molar-refractivity contribution >= 4 is 27.3 Å². The molecule has 0 spiro atoms. The second kappa shape index (κ2) is 4.85. The Hall–Kier alpha value is -2.15. The Bertz CT molecular complexity index is 756. The van der Waals surface area contributed by atoms with Crippen LogP contribution in [0, 0.1) is 0 Å². The normalized spacial score (nSPS) is 11.0. The van der Waals surface area contributed by atoms with E-state index >= 15 is 0 Å². The fourth-order valence-corrected chi connectivity index (χ4v) is 2.65. The van der Waals surface area contributed by atoms with Crippen LogP contribution in [-0.2, 0) is 0 Å². The van der Waals surface area contributed by atoms with Gasteiger partial charge in [-0.3, -0.25) is 4.79 Å². The standard InChI is InChI=1S/C18H16O/c1-2-7-18(19)17-12-13-8-3-4-9-14(13)15-10-5-6-11-16(15)17/h3-6,8-12H,2,7H2,1H3. The van der Waals surface area contributed by atoms with Gasteiger partial charge in [0.1, 0.15) is 0 Å². The van der Waals surface area contributed by atoms with Gasteiger partial charge in [-0.05, 0) is 34.0 Å². The molecule has 0 N–H and O–H groups in total. The second-order valence-electron chi connectivity index (χ2n) is 4.86. The zero-order chi connectivity index (χ0) is 13.2. The summed E-state index contributed by atoms with van der Waals surface area (Å²) < 4.78 is 0. The molecule has 0 bridgehead atoms. The molecule has 0 unspecified atom stereocenters. The fraction of sp³-hybridized carbons (Fsp3) is 0.167. The van der Waals surface area contributed by atoms with Crippen LogP contribution in [0.1, 0.15) is 30.1 Å². The van der Waals surface area contributed by atoms with Gasteiger partial charge in [0.15, 0.2) is 5.78 Å². The summed E-state index contributed by atoms with van der Waals surface area (Å²) in [7, 11) is 0. The number of carbonyl (C=O) groups is 1. The summed E-state index contributed by atoms with van der Waals surface area (Å²) in [5, 5.41) is 4.59. The van der Waals surface area contributed by atoms with Crippen LogP contribution in [0.4, 0.5) is 0 Å². The molecule has 0 heterocycles. The van der Waals surface area contributed by atoms with E-state index in [0.717, 1.165) is 22.8 Å². The van der Waals surface area contributed by atoms with E-state index in [-0.39, 0.29) is 5.78 Å². The highest BCUT2D eigenvalue weighted by molar-refractivity contribution is 6.17. The van der Waals surface area contributed by atoms with Crippen LogP contribution in [0.2, 0.25) is 0 Å². The van der Waals surface area contributed by atoms with Crippen molar-refractivity contribution in [3.8, 4) is 0 Å². The average molecular weight is 248 g/mol. The summed E-state index contributed by atoms with van der Waals surface area (Å²) in [4.78, 5) is 12.3. The highest BCUT2D eigenvalue weighted by Gasteiger charge is 2.11. The van der Waals surface area contributed by atoms with Gasteiger partial charge >= 0.3 is 0 Å². The molecule has 0 saturated carbocycles. The highest BCUT2D eigenvalue weighted by Crippen LogP contribution is 2.29. The van der Waals surface area contributed by atoms with E-state index in [1.54, 1.807) is 0 Å². The minimum atomic E-state index is 0.240. The molecule has 0 aliphatic heterocycles. The van der Waals surface area contributed by atoms with Gasteiger partial charge < -0.3 is 0 Å². The first-order chi connectivity index (χ1) is 9.31. The Morgan fingerprint density at radius 1 is 0.895 bits per heavy atom. The van der Waals surface area contributed by atoms with E-state index in [9.17, 15) is 4.79 Å². The average Bonchev–Trinajstić information content (AvgIpc) is 2.46. The molecule has 94 valence electrons. The molecule has 0 fully saturated rings. The minimum Gasteiger partial charge on any atom is -0.294 e. The molecular formula is C18H16O. The number of rotatable bonds is 3. The lowest BCUT2D eigenvalue weighted by Crippen LogP contribution is -1.99. The molecule has 0 aromatic heterocycles. The van der Waals surface area contributed by atoms with Crippen molar-refractivity contribution in [1.29, 1.82) is 0 Å². The van der Waals surface area contributed by atoms with Crippen LogP contribution in [0.5, 0.6) is 0 Å². The van der Waals surface area contributed by atoms with Crippen molar-refractivity contribution in [3.05, 3.63) is 60.2 Å². The quantitative estimate of drug-likeness (QED) is 0.472. The number of ketones is 1. The van der Waals surface area contributed by atoms with Crippen LogP contribution in [0.25, 0.3) is 21.5 Å². The lowest BCUT2D eigenvalue weighted by atomic mass is 9.94. The molecule has 1 nitrogen and oxygen atoms in total. The SMILES string of the molecule is CCCC(=O)c1cc2ccccc2c2ccccc12. The maximum atomic E-state index is 12.3. The van der Waals surface area contributed by atoms with E-state index in [0.29, 0.717) is 6.42 Å². The maximum Gasteiger partial charge on any atom is 0.163 e. The van der Waals surface area contributed by atoms with Crippen LogP contribution in [0.3, 0.4) is 0 Å². The summed E-state index contributed by atoms with van der Waals surface area (Å²) >= 11 is 0. The molecule has 0 aliphatic carbocycles. The highest BCUT2D eigenvalue weighted by atomic mass is 16.1. The van der Waals surface area contributed by atoms with Gasteiger partial charge in [0, 0.05) is 12.0 Å². The largest absolute Gasteiger partial charge is 0.294 e. The summed E-state index contributed by atoms with van der Waals surface area (Å²) in [6.45, 7) is 2.04. The zero-order valence-corrected chi connectivity index (χ0v) is 11.0. The lowest BCUT2D eigenvalue weighted by molar-refractivity contribution is 0.0983. The number of hydrogen-bond donors (Lipinski definition) is 0. The van der Waals surface area contributed by atoms with Crippen LogP contribution in [-0.4, -0.2) is 5.78 Å². The summed E-state index contributed by atoms with van der Waals surface area (Å²) in [6.07, 6.45) is 1.50. The first kappa shape index (κ1) is 11.9. The molecule has 1 heteroatoms. The first-order valence-corrected chi connectivity index (χ1v) is 6.75. The van der Waals surface area contributed by atoms with Gasteiger partial charge in [0.2, 0.25) is 0 Å². The molecule has 19 heavy (non-hydrogen) atoms. The number of hydrogen-bond acceptors (Lipinski definition) is 1. The molecule has 0 saturated heterocycles. The van der Waals surface area contributed by atoms with Gasteiger partial charge in [0.25, 0.3) is 0 Å². The topological polar surface area (TPSA) is 17.1 Å². The molecule has 3 aromatic carbocycles. The number of carbonyl (C=O) groups excluding carboxylic acids is 1. The van der Waals surface area contributed by atoms with Crippen LogP contribution in [0.15, 0.2) is 54.6 Å². The van der Waals surface area contributed by atoms with E-state index in [2.05, 4.69) is 18.2 Å².